The summed E-state index contributed by atoms with van der Waals surface area (Å²) in [6.07, 6.45) is 0.825. The Bertz CT molecular complexity index is 1330. The Balaban J connectivity index is 1.34. The highest BCUT2D eigenvalue weighted by molar-refractivity contribution is 5.90. The average molecular weight is 550 g/mol. The van der Waals surface area contributed by atoms with Gasteiger partial charge in [-0.2, -0.15) is 0 Å². The van der Waals surface area contributed by atoms with E-state index >= 15 is 0 Å². The number of nitrogens with one attached hydrogen (secondary N) is 1. The summed E-state index contributed by atoms with van der Waals surface area (Å²) < 4.78 is 11.1. The van der Waals surface area contributed by atoms with Gasteiger partial charge in [-0.25, -0.2) is 4.79 Å². The zero-order chi connectivity index (χ0) is 28.3. The molecule has 1 fully saturated rings. The number of anilines is 1. The van der Waals surface area contributed by atoms with Gasteiger partial charge in [0.2, 0.25) is 0 Å². The molecule has 6 heteroatoms. The van der Waals surface area contributed by atoms with Gasteiger partial charge >= 0.3 is 6.03 Å². The molecule has 4 aromatic carbocycles. The van der Waals surface area contributed by atoms with Crippen molar-refractivity contribution in [3.05, 3.63) is 120 Å². The van der Waals surface area contributed by atoms with E-state index in [1.165, 1.54) is 11.1 Å². The van der Waals surface area contributed by atoms with Gasteiger partial charge in [-0.3, -0.25) is 4.90 Å². The van der Waals surface area contributed by atoms with Crippen LogP contribution in [0.5, 0.6) is 5.75 Å². The molecule has 1 saturated heterocycles. The number of hydrogen-bond acceptors (Lipinski definition) is 4. The van der Waals surface area contributed by atoms with Crippen LogP contribution in [0.25, 0.3) is 11.1 Å². The standard InChI is InChI=1S/C35H39N3O3/c1-40-34-18-9-8-17-33(34)30-15-10-16-31(27-30)36-35(39)38(22-21-37-23-25-41-26-24-37)20-19-32(28-11-4-2-5-12-28)29-13-6-3-7-14-29/h2-18,27,32H,19-26H2,1H3,(H,36,39). The second-order valence-corrected chi connectivity index (χ2v) is 10.3. The molecule has 0 radical (unpaired) electrons. The van der Waals surface area contributed by atoms with E-state index in [1.54, 1.807) is 7.11 Å². The largest absolute Gasteiger partial charge is 0.496 e. The molecule has 0 atom stereocenters. The van der Waals surface area contributed by atoms with Crippen LogP contribution in [0, 0.1) is 0 Å². The number of benzene rings is 4. The van der Waals surface area contributed by atoms with E-state index in [-0.39, 0.29) is 11.9 Å². The van der Waals surface area contributed by atoms with Crippen LogP contribution in [0.3, 0.4) is 0 Å². The molecule has 212 valence electrons. The third kappa shape index (κ3) is 7.75. The third-order valence-corrected chi connectivity index (χ3v) is 7.70. The molecule has 2 amide bonds. The van der Waals surface area contributed by atoms with Gasteiger partial charge in [-0.1, -0.05) is 91.0 Å². The van der Waals surface area contributed by atoms with Crippen molar-refractivity contribution in [2.45, 2.75) is 12.3 Å². The zero-order valence-corrected chi connectivity index (χ0v) is 23.7. The van der Waals surface area contributed by atoms with Crippen LogP contribution in [0.15, 0.2) is 109 Å². The number of methoxy groups -OCH3 is 1. The first-order valence-electron chi connectivity index (χ1n) is 14.4. The summed E-state index contributed by atoms with van der Waals surface area (Å²) in [6, 6.07) is 36.9. The molecule has 41 heavy (non-hydrogen) atoms. The topological polar surface area (TPSA) is 54.0 Å². The molecular weight excluding hydrogens is 510 g/mol. The molecule has 0 saturated carbocycles. The molecule has 0 bridgehead atoms. The second-order valence-electron chi connectivity index (χ2n) is 10.3. The van der Waals surface area contributed by atoms with Crippen molar-refractivity contribution in [2.24, 2.45) is 0 Å². The van der Waals surface area contributed by atoms with E-state index < -0.39 is 0 Å². The van der Waals surface area contributed by atoms with Crippen LogP contribution in [0.2, 0.25) is 0 Å². The zero-order valence-electron chi connectivity index (χ0n) is 23.7. The third-order valence-electron chi connectivity index (χ3n) is 7.70. The van der Waals surface area contributed by atoms with Crippen LogP contribution in [0.1, 0.15) is 23.5 Å². The molecule has 5 rings (SSSR count). The summed E-state index contributed by atoms with van der Waals surface area (Å²) in [4.78, 5) is 18.1. The van der Waals surface area contributed by atoms with E-state index in [1.807, 2.05) is 65.6 Å². The summed E-state index contributed by atoms with van der Waals surface area (Å²) in [5, 5.41) is 3.18. The number of hydrogen-bond donors (Lipinski definition) is 1. The quantitative estimate of drug-likeness (QED) is 0.225. The molecule has 4 aromatic rings. The molecule has 1 heterocycles. The lowest BCUT2D eigenvalue weighted by molar-refractivity contribution is 0.0351. The van der Waals surface area contributed by atoms with E-state index in [9.17, 15) is 4.79 Å². The Hall–Kier alpha value is -4.13. The Morgan fingerprint density at radius 3 is 2.20 bits per heavy atom. The second kappa shape index (κ2) is 14.5. The normalized spacial score (nSPS) is 13.6. The molecule has 1 aliphatic rings. The summed E-state index contributed by atoms with van der Waals surface area (Å²) in [7, 11) is 1.68. The Morgan fingerprint density at radius 1 is 0.854 bits per heavy atom. The van der Waals surface area contributed by atoms with Gasteiger partial charge in [0.25, 0.3) is 0 Å². The molecule has 6 nitrogen and oxygen atoms in total. The average Bonchev–Trinajstić information content (AvgIpc) is 3.04. The lowest BCUT2D eigenvalue weighted by Crippen LogP contribution is -2.44. The fraction of sp³-hybridized carbons (Fsp3) is 0.286. The Kier molecular flexibility index (Phi) is 10.0. The van der Waals surface area contributed by atoms with Crippen LogP contribution < -0.4 is 10.1 Å². The first-order valence-corrected chi connectivity index (χ1v) is 14.4. The minimum atomic E-state index is -0.0877. The minimum absolute atomic E-state index is 0.0877. The molecule has 0 aromatic heterocycles. The summed E-state index contributed by atoms with van der Waals surface area (Å²) in [5.41, 5.74) is 5.27. The number of carbonyl (C=O) groups excluding carboxylic acids is 1. The van der Waals surface area contributed by atoms with Gasteiger partial charge in [0.05, 0.1) is 20.3 Å². The predicted octanol–water partition coefficient (Wildman–Crippen LogP) is 6.75. The van der Waals surface area contributed by atoms with E-state index in [0.717, 1.165) is 61.8 Å². The van der Waals surface area contributed by atoms with Crippen molar-refractivity contribution in [1.29, 1.82) is 0 Å². The maximum Gasteiger partial charge on any atom is 0.321 e. The number of morpholine rings is 1. The number of urea groups is 1. The van der Waals surface area contributed by atoms with Gasteiger partial charge in [0.15, 0.2) is 0 Å². The van der Waals surface area contributed by atoms with Gasteiger partial charge in [0.1, 0.15) is 5.75 Å². The molecule has 1 N–H and O–H groups in total. The molecule has 0 spiro atoms. The van der Waals surface area contributed by atoms with E-state index in [0.29, 0.717) is 13.1 Å². The van der Waals surface area contributed by atoms with E-state index in [4.69, 9.17) is 9.47 Å². The molecule has 0 unspecified atom stereocenters. The van der Waals surface area contributed by atoms with Crippen molar-refractivity contribution in [2.75, 3.05) is 58.4 Å². The maximum atomic E-state index is 13.8. The lowest BCUT2D eigenvalue weighted by atomic mass is 9.88. The highest BCUT2D eigenvalue weighted by Crippen LogP contribution is 2.31. The maximum absolute atomic E-state index is 13.8. The summed E-state index contributed by atoms with van der Waals surface area (Å²) in [6.45, 7) is 5.38. The highest BCUT2D eigenvalue weighted by atomic mass is 16.5. The number of ether oxygens (including phenoxy) is 2. The van der Waals surface area contributed by atoms with Crippen LogP contribution in [-0.4, -0.2) is 68.9 Å². The number of amides is 2. The van der Waals surface area contributed by atoms with Crippen molar-refractivity contribution < 1.29 is 14.3 Å². The monoisotopic (exact) mass is 549 g/mol. The highest BCUT2D eigenvalue weighted by Gasteiger charge is 2.21. The van der Waals surface area contributed by atoms with Crippen molar-refractivity contribution in [3.8, 4) is 16.9 Å². The predicted molar refractivity (Wildman–Crippen MR) is 166 cm³/mol. The number of para-hydroxylation sites is 1. The first-order chi connectivity index (χ1) is 20.2. The fourth-order valence-corrected chi connectivity index (χ4v) is 5.43. The lowest BCUT2D eigenvalue weighted by Gasteiger charge is -2.31. The van der Waals surface area contributed by atoms with E-state index in [2.05, 4.69) is 58.7 Å². The van der Waals surface area contributed by atoms with Gasteiger partial charge < -0.3 is 19.7 Å². The van der Waals surface area contributed by atoms with Gasteiger partial charge in [-0.05, 0) is 41.3 Å². The number of rotatable bonds is 11. The Labute approximate surface area is 243 Å². The van der Waals surface area contributed by atoms with Crippen LogP contribution >= 0.6 is 0 Å². The summed E-state index contributed by atoms with van der Waals surface area (Å²) >= 11 is 0. The summed E-state index contributed by atoms with van der Waals surface area (Å²) in [5.74, 6) is 1.00. The van der Waals surface area contributed by atoms with Crippen LogP contribution in [0.4, 0.5) is 10.5 Å². The number of nitrogens with zero attached hydrogens (tertiary/aromatic N) is 2. The molecule has 0 aliphatic carbocycles. The van der Waals surface area contributed by atoms with Crippen LogP contribution in [-0.2, 0) is 4.74 Å². The van der Waals surface area contributed by atoms with Gasteiger partial charge in [0, 0.05) is 49.9 Å². The first kappa shape index (κ1) is 28.4. The minimum Gasteiger partial charge on any atom is -0.496 e. The van der Waals surface area contributed by atoms with Crippen molar-refractivity contribution >= 4 is 11.7 Å². The molecular formula is C35H39N3O3. The molecule has 1 aliphatic heterocycles. The smallest absolute Gasteiger partial charge is 0.321 e. The van der Waals surface area contributed by atoms with Gasteiger partial charge in [-0.15, -0.1) is 0 Å². The Morgan fingerprint density at radius 2 is 1.51 bits per heavy atom. The van der Waals surface area contributed by atoms with Crippen molar-refractivity contribution in [3.63, 3.8) is 0 Å². The fourth-order valence-electron chi connectivity index (χ4n) is 5.43. The van der Waals surface area contributed by atoms with Crippen molar-refractivity contribution in [1.82, 2.24) is 9.80 Å². The SMILES string of the molecule is COc1ccccc1-c1cccc(NC(=O)N(CCC(c2ccccc2)c2ccccc2)CCN2CCOCC2)c1. The number of carbonyl (C=O) groups is 1.